The van der Waals surface area contributed by atoms with Gasteiger partial charge in [-0.05, 0) is 36.3 Å². The summed E-state index contributed by atoms with van der Waals surface area (Å²) in [4.78, 5) is 0. The van der Waals surface area contributed by atoms with Gasteiger partial charge < -0.3 is 5.73 Å². The van der Waals surface area contributed by atoms with Gasteiger partial charge in [-0.1, -0.05) is 30.2 Å². The Morgan fingerprint density at radius 3 is 2.93 bits per heavy atom. The van der Waals surface area contributed by atoms with Crippen molar-refractivity contribution in [1.29, 1.82) is 0 Å². The van der Waals surface area contributed by atoms with Crippen LogP contribution in [-0.4, -0.2) is 11.0 Å². The molecule has 1 aliphatic rings. The van der Waals surface area contributed by atoms with Crippen molar-refractivity contribution in [1.82, 2.24) is 0 Å². The van der Waals surface area contributed by atoms with E-state index in [0.29, 0.717) is 5.25 Å². The molecule has 0 spiro atoms. The topological polar surface area (TPSA) is 26.0 Å². The van der Waals surface area contributed by atoms with Crippen LogP contribution in [0.1, 0.15) is 30.9 Å². The first-order valence-electron chi connectivity index (χ1n) is 5.40. The van der Waals surface area contributed by atoms with E-state index < -0.39 is 0 Å². The summed E-state index contributed by atoms with van der Waals surface area (Å²) in [7, 11) is 0. The summed E-state index contributed by atoms with van der Waals surface area (Å²) in [5.74, 6) is 1.25. The second-order valence-corrected chi connectivity index (χ2v) is 5.77. The van der Waals surface area contributed by atoms with E-state index in [9.17, 15) is 0 Å². The van der Waals surface area contributed by atoms with Crippen molar-refractivity contribution in [3.8, 4) is 0 Å². The van der Waals surface area contributed by atoms with Crippen molar-refractivity contribution in [3.05, 3.63) is 34.9 Å². The molecule has 2 N–H and O–H groups in total. The molecule has 0 amide bonds. The fourth-order valence-electron chi connectivity index (χ4n) is 1.98. The van der Waals surface area contributed by atoms with Crippen molar-refractivity contribution < 1.29 is 0 Å². The van der Waals surface area contributed by atoms with Crippen LogP contribution in [0.25, 0.3) is 0 Å². The standard InChI is InChI=1S/C12H16ClNS/c13-10-5-3-4-9(8-10)12(14)11-6-1-2-7-15-11/h3-5,8,11-12H,1-2,6-7,14H2. The first-order chi connectivity index (χ1) is 7.27. The Bertz CT molecular complexity index is 323. The van der Waals surface area contributed by atoms with Crippen LogP contribution in [0.3, 0.4) is 0 Å². The quantitative estimate of drug-likeness (QED) is 0.856. The number of halogens is 1. The fraction of sp³-hybridized carbons (Fsp3) is 0.500. The van der Waals surface area contributed by atoms with Crippen LogP contribution in [0.2, 0.25) is 5.02 Å². The molecule has 1 aromatic rings. The molecule has 2 rings (SSSR count). The number of thioether (sulfide) groups is 1. The van der Waals surface area contributed by atoms with Gasteiger partial charge in [0.2, 0.25) is 0 Å². The van der Waals surface area contributed by atoms with Crippen LogP contribution >= 0.6 is 23.4 Å². The van der Waals surface area contributed by atoms with Crippen LogP contribution in [0.15, 0.2) is 24.3 Å². The molecule has 1 aromatic carbocycles. The highest BCUT2D eigenvalue weighted by Gasteiger charge is 2.22. The predicted molar refractivity (Wildman–Crippen MR) is 68.5 cm³/mol. The van der Waals surface area contributed by atoms with E-state index in [1.807, 2.05) is 30.0 Å². The van der Waals surface area contributed by atoms with E-state index in [-0.39, 0.29) is 6.04 Å². The molecule has 0 aliphatic carbocycles. The molecule has 3 heteroatoms. The Morgan fingerprint density at radius 1 is 1.40 bits per heavy atom. The van der Waals surface area contributed by atoms with Gasteiger partial charge in [-0.25, -0.2) is 0 Å². The van der Waals surface area contributed by atoms with Gasteiger partial charge in [0.05, 0.1) is 0 Å². The van der Waals surface area contributed by atoms with Crippen LogP contribution < -0.4 is 5.73 Å². The van der Waals surface area contributed by atoms with Gasteiger partial charge in [-0.2, -0.15) is 11.8 Å². The fourth-order valence-corrected chi connectivity index (χ4v) is 3.55. The van der Waals surface area contributed by atoms with Gasteiger partial charge in [0.15, 0.2) is 0 Å². The summed E-state index contributed by atoms with van der Waals surface area (Å²) < 4.78 is 0. The van der Waals surface area contributed by atoms with E-state index in [4.69, 9.17) is 17.3 Å². The van der Waals surface area contributed by atoms with E-state index >= 15 is 0 Å². The summed E-state index contributed by atoms with van der Waals surface area (Å²) in [6.45, 7) is 0. The van der Waals surface area contributed by atoms with Crippen LogP contribution in [-0.2, 0) is 0 Å². The summed E-state index contributed by atoms with van der Waals surface area (Å²) in [5, 5.41) is 1.35. The average Bonchev–Trinajstić information content (AvgIpc) is 2.29. The molecule has 15 heavy (non-hydrogen) atoms. The first-order valence-corrected chi connectivity index (χ1v) is 6.83. The summed E-state index contributed by atoms with van der Waals surface area (Å²) >= 11 is 7.97. The summed E-state index contributed by atoms with van der Waals surface area (Å²) in [6, 6.07) is 8.07. The number of nitrogens with two attached hydrogens (primary N) is 1. The lowest BCUT2D eigenvalue weighted by molar-refractivity contribution is 0.582. The van der Waals surface area contributed by atoms with E-state index in [2.05, 4.69) is 6.07 Å². The minimum atomic E-state index is 0.133. The molecule has 82 valence electrons. The van der Waals surface area contributed by atoms with Crippen molar-refractivity contribution >= 4 is 23.4 Å². The van der Waals surface area contributed by atoms with Gasteiger partial charge >= 0.3 is 0 Å². The molecule has 0 radical (unpaired) electrons. The van der Waals surface area contributed by atoms with Gasteiger partial charge in [0, 0.05) is 16.3 Å². The van der Waals surface area contributed by atoms with Crippen molar-refractivity contribution in [2.45, 2.75) is 30.6 Å². The third-order valence-corrected chi connectivity index (χ3v) is 4.57. The largest absolute Gasteiger partial charge is 0.323 e. The molecule has 1 nitrogen and oxygen atoms in total. The molecule has 0 saturated carbocycles. The highest BCUT2D eigenvalue weighted by atomic mass is 35.5. The molecule has 0 bridgehead atoms. The molecule has 2 unspecified atom stereocenters. The number of rotatable bonds is 2. The Morgan fingerprint density at radius 2 is 2.27 bits per heavy atom. The maximum atomic E-state index is 6.26. The molecular weight excluding hydrogens is 226 g/mol. The third-order valence-electron chi connectivity index (χ3n) is 2.85. The lowest BCUT2D eigenvalue weighted by atomic mass is 10.0. The normalized spacial score (nSPS) is 23.7. The van der Waals surface area contributed by atoms with Crippen LogP contribution in [0, 0.1) is 0 Å². The second kappa shape index (κ2) is 5.24. The highest BCUT2D eigenvalue weighted by Crippen LogP contribution is 2.33. The molecular formula is C12H16ClNS. The minimum Gasteiger partial charge on any atom is -0.323 e. The smallest absolute Gasteiger partial charge is 0.0416 e. The number of hydrogen-bond donors (Lipinski definition) is 1. The zero-order chi connectivity index (χ0) is 10.7. The molecule has 0 aromatic heterocycles. The van der Waals surface area contributed by atoms with E-state index in [0.717, 1.165) is 5.02 Å². The Balaban J connectivity index is 2.08. The zero-order valence-electron chi connectivity index (χ0n) is 8.66. The van der Waals surface area contributed by atoms with E-state index in [1.54, 1.807) is 0 Å². The van der Waals surface area contributed by atoms with Crippen molar-refractivity contribution in [2.75, 3.05) is 5.75 Å². The lowest BCUT2D eigenvalue weighted by Gasteiger charge is -2.27. The number of benzene rings is 1. The maximum absolute atomic E-state index is 6.26. The predicted octanol–water partition coefficient (Wildman–Crippen LogP) is 3.63. The van der Waals surface area contributed by atoms with Crippen LogP contribution in [0.4, 0.5) is 0 Å². The Labute approximate surface area is 100 Å². The van der Waals surface area contributed by atoms with Crippen LogP contribution in [0.5, 0.6) is 0 Å². The average molecular weight is 242 g/mol. The van der Waals surface area contributed by atoms with Gasteiger partial charge in [-0.3, -0.25) is 0 Å². The second-order valence-electron chi connectivity index (χ2n) is 3.99. The maximum Gasteiger partial charge on any atom is 0.0416 e. The molecule has 2 atom stereocenters. The minimum absolute atomic E-state index is 0.133. The van der Waals surface area contributed by atoms with Crippen molar-refractivity contribution in [2.24, 2.45) is 5.73 Å². The first kappa shape index (κ1) is 11.3. The van der Waals surface area contributed by atoms with Crippen molar-refractivity contribution in [3.63, 3.8) is 0 Å². The van der Waals surface area contributed by atoms with E-state index in [1.165, 1.54) is 30.6 Å². The Hall–Kier alpha value is -0.180. The molecule has 1 saturated heterocycles. The monoisotopic (exact) mass is 241 g/mol. The lowest BCUT2D eigenvalue weighted by Crippen LogP contribution is -2.26. The molecule has 1 heterocycles. The highest BCUT2D eigenvalue weighted by molar-refractivity contribution is 8.00. The SMILES string of the molecule is NC(c1cccc(Cl)c1)C1CCCCS1. The number of hydrogen-bond acceptors (Lipinski definition) is 2. The molecule has 1 aliphatic heterocycles. The zero-order valence-corrected chi connectivity index (χ0v) is 10.2. The van der Waals surface area contributed by atoms with Gasteiger partial charge in [0.25, 0.3) is 0 Å². The van der Waals surface area contributed by atoms with Gasteiger partial charge in [-0.15, -0.1) is 0 Å². The summed E-state index contributed by atoms with van der Waals surface area (Å²) in [5.41, 5.74) is 7.43. The molecule has 1 fully saturated rings. The Kier molecular flexibility index (Phi) is 3.95. The third kappa shape index (κ3) is 2.90. The van der Waals surface area contributed by atoms with Gasteiger partial charge in [0.1, 0.15) is 0 Å². The summed E-state index contributed by atoms with van der Waals surface area (Å²) in [6.07, 6.45) is 3.88.